The van der Waals surface area contributed by atoms with E-state index in [9.17, 15) is 4.79 Å². The zero-order chi connectivity index (χ0) is 15.1. The number of carbonyl (C=O) groups excluding carboxylic acids is 1. The quantitative estimate of drug-likeness (QED) is 0.750. The molecule has 0 saturated carbocycles. The Morgan fingerprint density at radius 2 is 2.10 bits per heavy atom. The number of para-hydroxylation sites is 1. The second-order valence-corrected chi connectivity index (χ2v) is 4.91. The number of anilines is 1. The fourth-order valence-corrected chi connectivity index (χ4v) is 1.85. The maximum Gasteiger partial charge on any atom is 0.255 e. The molecule has 1 amide bonds. The average Bonchev–Trinajstić information content (AvgIpc) is 2.42. The number of nitrogen functional groups attached to an aromatic ring is 1. The maximum absolute atomic E-state index is 12.4. The molecule has 0 saturated heterocycles. The normalized spacial score (nSPS) is 12.2. The van der Waals surface area contributed by atoms with Crippen LogP contribution in [0.15, 0.2) is 18.2 Å². The molecule has 0 spiro atoms. The van der Waals surface area contributed by atoms with Gasteiger partial charge in [0.1, 0.15) is 0 Å². The van der Waals surface area contributed by atoms with Crippen LogP contribution in [0.4, 0.5) is 5.69 Å². The van der Waals surface area contributed by atoms with Gasteiger partial charge in [0, 0.05) is 6.61 Å². The fourth-order valence-electron chi connectivity index (χ4n) is 1.85. The minimum absolute atomic E-state index is 0.0476. The van der Waals surface area contributed by atoms with E-state index in [1.165, 1.54) is 7.11 Å². The van der Waals surface area contributed by atoms with Gasteiger partial charge in [-0.3, -0.25) is 4.79 Å². The fraction of sp³-hybridized carbons (Fsp3) is 0.533. The summed E-state index contributed by atoms with van der Waals surface area (Å²) in [5, 5.41) is 2.97. The van der Waals surface area contributed by atoms with Crippen LogP contribution < -0.4 is 15.8 Å². The molecule has 0 aliphatic heterocycles. The predicted molar refractivity (Wildman–Crippen MR) is 80.0 cm³/mol. The van der Waals surface area contributed by atoms with Gasteiger partial charge in [-0.05, 0) is 25.0 Å². The zero-order valence-electron chi connectivity index (χ0n) is 12.6. The van der Waals surface area contributed by atoms with E-state index in [2.05, 4.69) is 5.32 Å². The Morgan fingerprint density at radius 1 is 1.40 bits per heavy atom. The Balaban J connectivity index is 2.86. The Bertz CT molecular complexity index is 447. The minimum atomic E-state index is -0.201. The SMILES string of the molecule is CCOCC(NC(=O)c1cccc(N)c1OC)C(C)C. The number of hydrogen-bond donors (Lipinski definition) is 2. The second kappa shape index (κ2) is 7.75. The summed E-state index contributed by atoms with van der Waals surface area (Å²) >= 11 is 0. The van der Waals surface area contributed by atoms with Crippen LogP contribution in [0.3, 0.4) is 0 Å². The minimum Gasteiger partial charge on any atom is -0.494 e. The van der Waals surface area contributed by atoms with E-state index in [0.717, 1.165) is 0 Å². The van der Waals surface area contributed by atoms with Crippen LogP contribution in [-0.4, -0.2) is 32.3 Å². The van der Waals surface area contributed by atoms with Crippen molar-refractivity contribution in [2.45, 2.75) is 26.8 Å². The molecule has 1 aromatic rings. The van der Waals surface area contributed by atoms with Gasteiger partial charge in [0.2, 0.25) is 0 Å². The van der Waals surface area contributed by atoms with E-state index in [1.807, 2.05) is 20.8 Å². The van der Waals surface area contributed by atoms with Gasteiger partial charge in [-0.25, -0.2) is 0 Å². The first kappa shape index (κ1) is 16.3. The first-order valence-corrected chi connectivity index (χ1v) is 6.82. The highest BCUT2D eigenvalue weighted by Crippen LogP contribution is 2.25. The van der Waals surface area contributed by atoms with Gasteiger partial charge >= 0.3 is 0 Å². The van der Waals surface area contributed by atoms with E-state index < -0.39 is 0 Å². The summed E-state index contributed by atoms with van der Waals surface area (Å²) in [4.78, 5) is 12.4. The van der Waals surface area contributed by atoms with Crippen molar-refractivity contribution < 1.29 is 14.3 Å². The lowest BCUT2D eigenvalue weighted by atomic mass is 10.0. The number of rotatable bonds is 7. The van der Waals surface area contributed by atoms with Crippen LogP contribution in [0.2, 0.25) is 0 Å². The van der Waals surface area contributed by atoms with E-state index in [-0.39, 0.29) is 17.9 Å². The van der Waals surface area contributed by atoms with Crippen LogP contribution in [0.1, 0.15) is 31.1 Å². The van der Waals surface area contributed by atoms with Gasteiger partial charge in [-0.15, -0.1) is 0 Å². The molecule has 0 bridgehead atoms. The second-order valence-electron chi connectivity index (χ2n) is 4.91. The number of nitrogens with one attached hydrogen (secondary N) is 1. The van der Waals surface area contributed by atoms with Gasteiger partial charge in [-0.1, -0.05) is 19.9 Å². The Labute approximate surface area is 120 Å². The van der Waals surface area contributed by atoms with Crippen molar-refractivity contribution in [3.8, 4) is 5.75 Å². The Morgan fingerprint density at radius 3 is 2.65 bits per heavy atom. The van der Waals surface area contributed by atoms with Gasteiger partial charge in [0.25, 0.3) is 5.91 Å². The molecule has 0 radical (unpaired) electrons. The molecule has 1 aromatic carbocycles. The third-order valence-corrected chi connectivity index (χ3v) is 3.12. The topological polar surface area (TPSA) is 73.6 Å². The van der Waals surface area contributed by atoms with Gasteiger partial charge in [-0.2, -0.15) is 0 Å². The van der Waals surface area contributed by atoms with E-state index in [1.54, 1.807) is 18.2 Å². The molecule has 20 heavy (non-hydrogen) atoms. The van der Waals surface area contributed by atoms with Crippen molar-refractivity contribution in [2.75, 3.05) is 26.1 Å². The van der Waals surface area contributed by atoms with Crippen LogP contribution in [0.5, 0.6) is 5.75 Å². The lowest BCUT2D eigenvalue weighted by molar-refractivity contribution is 0.0804. The van der Waals surface area contributed by atoms with Crippen molar-refractivity contribution >= 4 is 11.6 Å². The number of hydrogen-bond acceptors (Lipinski definition) is 4. The highest BCUT2D eigenvalue weighted by atomic mass is 16.5. The first-order chi connectivity index (χ1) is 9.51. The summed E-state index contributed by atoms with van der Waals surface area (Å²) in [6, 6.07) is 5.09. The lowest BCUT2D eigenvalue weighted by Gasteiger charge is -2.22. The molecule has 0 aliphatic rings. The third kappa shape index (κ3) is 4.13. The van der Waals surface area contributed by atoms with Crippen LogP contribution in [0.25, 0.3) is 0 Å². The van der Waals surface area contributed by atoms with Gasteiger partial charge in [0.05, 0.1) is 31.0 Å². The molecule has 1 atom stereocenters. The summed E-state index contributed by atoms with van der Waals surface area (Å²) in [6.07, 6.45) is 0. The van der Waals surface area contributed by atoms with Crippen molar-refractivity contribution in [3.05, 3.63) is 23.8 Å². The monoisotopic (exact) mass is 280 g/mol. The van der Waals surface area contributed by atoms with Gasteiger partial charge in [0.15, 0.2) is 5.75 Å². The standard InChI is InChI=1S/C15H24N2O3/c1-5-20-9-13(10(2)3)17-15(18)11-7-6-8-12(16)14(11)19-4/h6-8,10,13H,5,9,16H2,1-4H3,(H,17,18). The molecule has 1 rings (SSSR count). The number of benzene rings is 1. The predicted octanol–water partition coefficient (Wildman–Crippen LogP) is 2.07. The Hall–Kier alpha value is -1.75. The van der Waals surface area contributed by atoms with Crippen molar-refractivity contribution in [2.24, 2.45) is 5.92 Å². The molecule has 0 fully saturated rings. The number of nitrogens with two attached hydrogens (primary N) is 1. The third-order valence-electron chi connectivity index (χ3n) is 3.12. The first-order valence-electron chi connectivity index (χ1n) is 6.82. The maximum atomic E-state index is 12.4. The van der Waals surface area contributed by atoms with E-state index in [4.69, 9.17) is 15.2 Å². The number of ether oxygens (including phenoxy) is 2. The summed E-state index contributed by atoms with van der Waals surface area (Å²) in [7, 11) is 1.50. The largest absolute Gasteiger partial charge is 0.494 e. The molecular formula is C15H24N2O3. The molecule has 3 N–H and O–H groups in total. The van der Waals surface area contributed by atoms with Crippen molar-refractivity contribution in [1.29, 1.82) is 0 Å². The Kier molecular flexibility index (Phi) is 6.31. The highest BCUT2D eigenvalue weighted by molar-refractivity contribution is 5.98. The molecule has 5 nitrogen and oxygen atoms in total. The molecular weight excluding hydrogens is 256 g/mol. The summed E-state index contributed by atoms with van der Waals surface area (Å²) in [6.45, 7) is 7.13. The van der Waals surface area contributed by atoms with Crippen molar-refractivity contribution in [1.82, 2.24) is 5.32 Å². The smallest absolute Gasteiger partial charge is 0.255 e. The van der Waals surface area contributed by atoms with Crippen LogP contribution in [0, 0.1) is 5.92 Å². The van der Waals surface area contributed by atoms with Crippen LogP contribution in [-0.2, 0) is 4.74 Å². The zero-order valence-corrected chi connectivity index (χ0v) is 12.6. The molecule has 1 unspecified atom stereocenters. The summed E-state index contributed by atoms with van der Waals surface area (Å²) in [5.74, 6) is 0.481. The van der Waals surface area contributed by atoms with E-state index in [0.29, 0.717) is 30.2 Å². The van der Waals surface area contributed by atoms with Crippen molar-refractivity contribution in [3.63, 3.8) is 0 Å². The molecule has 5 heteroatoms. The molecule has 0 heterocycles. The molecule has 0 aromatic heterocycles. The highest BCUT2D eigenvalue weighted by Gasteiger charge is 2.20. The number of carbonyl (C=O) groups is 1. The summed E-state index contributed by atoms with van der Waals surface area (Å²) < 4.78 is 10.6. The molecule has 112 valence electrons. The number of amides is 1. The molecule has 0 aliphatic carbocycles. The lowest BCUT2D eigenvalue weighted by Crippen LogP contribution is -2.42. The summed E-state index contributed by atoms with van der Waals surface area (Å²) in [5.41, 5.74) is 6.70. The van der Waals surface area contributed by atoms with Gasteiger partial charge < -0.3 is 20.5 Å². The number of methoxy groups -OCH3 is 1. The average molecular weight is 280 g/mol. The van der Waals surface area contributed by atoms with Crippen LogP contribution >= 0.6 is 0 Å². The van der Waals surface area contributed by atoms with E-state index >= 15 is 0 Å².